The summed E-state index contributed by atoms with van der Waals surface area (Å²) in [5.74, 6) is 0. The van der Waals surface area contributed by atoms with Crippen molar-refractivity contribution in [3.05, 3.63) is 21.0 Å². The van der Waals surface area contributed by atoms with Crippen molar-refractivity contribution in [1.82, 2.24) is 14.7 Å². The molecule has 0 amide bonds. The lowest BCUT2D eigenvalue weighted by molar-refractivity contribution is 0.164. The van der Waals surface area contributed by atoms with Gasteiger partial charge in [0.2, 0.25) is 0 Å². The smallest absolute Gasteiger partial charge is 0.283 e. The highest BCUT2D eigenvalue weighted by Crippen LogP contribution is 2.16. The van der Waals surface area contributed by atoms with Crippen LogP contribution in [0, 0.1) is 0 Å². The maximum atomic E-state index is 12.1. The van der Waals surface area contributed by atoms with Gasteiger partial charge in [-0.3, -0.25) is 4.79 Å². The van der Waals surface area contributed by atoms with Gasteiger partial charge in [0, 0.05) is 13.1 Å². The topological polar surface area (TPSA) is 70.4 Å². The first-order chi connectivity index (χ1) is 9.45. The molecule has 1 aromatic heterocycles. The standard InChI is InChI=1S/C13H23BrN4O2/c1-4-10(19)5-6-15-11-9-16-18(8-7-17(2)3)13(20)12(11)14/h9-10,15,19H,4-8H2,1-3H3. The molecule has 0 spiro atoms. The Morgan fingerprint density at radius 3 is 2.85 bits per heavy atom. The largest absolute Gasteiger partial charge is 0.393 e. The lowest BCUT2D eigenvalue weighted by Gasteiger charge is -2.13. The summed E-state index contributed by atoms with van der Waals surface area (Å²) in [6, 6.07) is 0. The molecule has 1 heterocycles. The number of halogens is 1. The molecule has 0 aromatic carbocycles. The molecule has 1 rings (SSSR count). The van der Waals surface area contributed by atoms with E-state index in [1.807, 2.05) is 25.9 Å². The SMILES string of the molecule is CCC(O)CCNc1cnn(CCN(C)C)c(=O)c1Br. The molecule has 0 bridgehead atoms. The molecule has 6 nitrogen and oxygen atoms in total. The quantitative estimate of drug-likeness (QED) is 0.738. The van der Waals surface area contributed by atoms with Gasteiger partial charge in [0.05, 0.1) is 24.5 Å². The van der Waals surface area contributed by atoms with Gasteiger partial charge < -0.3 is 15.3 Å². The monoisotopic (exact) mass is 346 g/mol. The summed E-state index contributed by atoms with van der Waals surface area (Å²) in [6.45, 7) is 3.86. The first kappa shape index (κ1) is 17.1. The molecule has 0 aliphatic carbocycles. The van der Waals surface area contributed by atoms with Gasteiger partial charge in [-0.1, -0.05) is 6.92 Å². The molecule has 0 aliphatic rings. The van der Waals surface area contributed by atoms with Gasteiger partial charge in [0.25, 0.3) is 5.56 Å². The lowest BCUT2D eigenvalue weighted by Crippen LogP contribution is -2.29. The molecule has 1 aromatic rings. The fourth-order valence-electron chi connectivity index (χ4n) is 1.62. The van der Waals surface area contributed by atoms with Gasteiger partial charge >= 0.3 is 0 Å². The minimum Gasteiger partial charge on any atom is -0.393 e. The van der Waals surface area contributed by atoms with Gasteiger partial charge in [-0.2, -0.15) is 5.10 Å². The van der Waals surface area contributed by atoms with Crippen LogP contribution in [0.2, 0.25) is 0 Å². The van der Waals surface area contributed by atoms with E-state index in [-0.39, 0.29) is 11.7 Å². The Bertz CT molecular complexity index is 476. The molecule has 1 unspecified atom stereocenters. The molecule has 1 atom stereocenters. The van der Waals surface area contributed by atoms with Crippen molar-refractivity contribution in [1.29, 1.82) is 0 Å². The fourth-order valence-corrected chi connectivity index (χ4v) is 2.07. The predicted molar refractivity (Wildman–Crippen MR) is 84.2 cm³/mol. The highest BCUT2D eigenvalue weighted by atomic mass is 79.9. The van der Waals surface area contributed by atoms with E-state index in [2.05, 4.69) is 26.3 Å². The molecule has 2 N–H and O–H groups in total. The molecular formula is C13H23BrN4O2. The van der Waals surface area contributed by atoms with E-state index < -0.39 is 0 Å². The van der Waals surface area contributed by atoms with Crippen molar-refractivity contribution in [2.45, 2.75) is 32.4 Å². The fraction of sp³-hybridized carbons (Fsp3) is 0.692. The molecule has 0 aliphatic heterocycles. The van der Waals surface area contributed by atoms with Crippen LogP contribution in [0.25, 0.3) is 0 Å². The van der Waals surface area contributed by atoms with E-state index in [9.17, 15) is 9.90 Å². The molecule has 20 heavy (non-hydrogen) atoms. The van der Waals surface area contributed by atoms with Gasteiger partial charge in [-0.25, -0.2) is 4.68 Å². The summed E-state index contributed by atoms with van der Waals surface area (Å²) in [6.07, 6.45) is 2.70. The minimum atomic E-state index is -0.310. The zero-order chi connectivity index (χ0) is 15.1. The van der Waals surface area contributed by atoms with Gasteiger partial charge in [0.15, 0.2) is 0 Å². The normalized spacial score (nSPS) is 12.7. The number of hydrogen-bond donors (Lipinski definition) is 2. The molecule has 0 radical (unpaired) electrons. The van der Waals surface area contributed by atoms with Gasteiger partial charge in [0.1, 0.15) is 4.47 Å². The first-order valence-corrected chi connectivity index (χ1v) is 7.57. The van der Waals surface area contributed by atoms with Gasteiger partial charge in [-0.15, -0.1) is 0 Å². The van der Waals surface area contributed by atoms with E-state index >= 15 is 0 Å². The maximum Gasteiger partial charge on any atom is 0.283 e. The van der Waals surface area contributed by atoms with Crippen LogP contribution in [0.4, 0.5) is 5.69 Å². The number of hydrogen-bond acceptors (Lipinski definition) is 5. The van der Waals surface area contributed by atoms with Crippen LogP contribution in [0.1, 0.15) is 19.8 Å². The van der Waals surface area contributed by atoms with Crippen molar-refractivity contribution in [3.63, 3.8) is 0 Å². The van der Waals surface area contributed by atoms with Crippen molar-refractivity contribution < 1.29 is 5.11 Å². The van der Waals surface area contributed by atoms with E-state index in [0.717, 1.165) is 13.0 Å². The van der Waals surface area contributed by atoms with E-state index in [4.69, 9.17) is 0 Å². The third kappa shape index (κ3) is 5.22. The number of nitrogens with zero attached hydrogens (tertiary/aromatic N) is 3. The van der Waals surface area contributed by atoms with Crippen LogP contribution in [-0.4, -0.2) is 53.1 Å². The zero-order valence-corrected chi connectivity index (χ0v) is 13.9. The molecular weight excluding hydrogens is 324 g/mol. The Hall–Kier alpha value is -0.920. The van der Waals surface area contributed by atoms with E-state index in [1.54, 1.807) is 6.20 Å². The molecule has 114 valence electrons. The Balaban J connectivity index is 2.66. The van der Waals surface area contributed by atoms with Crippen LogP contribution in [-0.2, 0) is 6.54 Å². The molecule has 7 heteroatoms. The molecule has 0 saturated carbocycles. The second-order valence-corrected chi connectivity index (χ2v) is 5.77. The van der Waals surface area contributed by atoms with Gasteiger partial charge in [-0.05, 0) is 42.9 Å². The lowest BCUT2D eigenvalue weighted by atomic mass is 10.2. The van der Waals surface area contributed by atoms with Crippen LogP contribution in [0.15, 0.2) is 15.5 Å². The zero-order valence-electron chi connectivity index (χ0n) is 12.3. The summed E-state index contributed by atoms with van der Waals surface area (Å²) >= 11 is 3.31. The van der Waals surface area contributed by atoms with E-state index in [1.165, 1.54) is 4.68 Å². The molecule has 0 fully saturated rings. The Kier molecular flexibility index (Phi) is 7.18. The first-order valence-electron chi connectivity index (χ1n) is 6.78. The Morgan fingerprint density at radius 2 is 2.25 bits per heavy atom. The second-order valence-electron chi connectivity index (χ2n) is 4.98. The summed E-state index contributed by atoms with van der Waals surface area (Å²) < 4.78 is 1.92. The summed E-state index contributed by atoms with van der Waals surface area (Å²) in [5.41, 5.74) is 0.521. The Labute approximate surface area is 127 Å². The number of anilines is 1. The minimum absolute atomic E-state index is 0.145. The van der Waals surface area contributed by atoms with Crippen LogP contribution < -0.4 is 10.9 Å². The maximum absolute atomic E-state index is 12.1. The summed E-state index contributed by atoms with van der Waals surface area (Å²) in [4.78, 5) is 14.1. The third-order valence-electron chi connectivity index (χ3n) is 3.01. The van der Waals surface area contributed by atoms with Crippen molar-refractivity contribution in [2.24, 2.45) is 0 Å². The average molecular weight is 347 g/mol. The van der Waals surface area contributed by atoms with E-state index in [0.29, 0.717) is 29.7 Å². The number of aliphatic hydroxyl groups is 1. The third-order valence-corrected chi connectivity index (χ3v) is 3.77. The number of aromatic nitrogens is 2. The van der Waals surface area contributed by atoms with Crippen molar-refractivity contribution in [2.75, 3.05) is 32.5 Å². The number of aliphatic hydroxyl groups excluding tert-OH is 1. The average Bonchev–Trinajstić information content (AvgIpc) is 2.42. The summed E-state index contributed by atoms with van der Waals surface area (Å²) in [7, 11) is 3.91. The van der Waals surface area contributed by atoms with Crippen LogP contribution in [0.3, 0.4) is 0 Å². The number of nitrogens with one attached hydrogen (secondary N) is 1. The van der Waals surface area contributed by atoms with Crippen LogP contribution in [0.5, 0.6) is 0 Å². The predicted octanol–water partition coefficient (Wildman–Crippen LogP) is 1.14. The number of likely N-dealkylation sites (N-methyl/N-ethyl adjacent to an activating group) is 1. The van der Waals surface area contributed by atoms with Crippen LogP contribution >= 0.6 is 15.9 Å². The highest BCUT2D eigenvalue weighted by Gasteiger charge is 2.09. The molecule has 0 saturated heterocycles. The highest BCUT2D eigenvalue weighted by molar-refractivity contribution is 9.10. The Morgan fingerprint density at radius 1 is 1.55 bits per heavy atom. The second kappa shape index (κ2) is 8.39. The van der Waals surface area contributed by atoms with Crippen molar-refractivity contribution >= 4 is 21.6 Å². The van der Waals surface area contributed by atoms with Crippen molar-refractivity contribution in [3.8, 4) is 0 Å². The summed E-state index contributed by atoms with van der Waals surface area (Å²) in [5, 5.41) is 16.8. The number of rotatable bonds is 8.